The molecular weight excluding hydrogens is 166 g/mol. The molecular formula is C9H11N3O. The van der Waals surface area contributed by atoms with Crippen LogP contribution in [0.15, 0.2) is 18.5 Å². The topological polar surface area (TPSA) is 59.9 Å². The number of carbonyl (C=O) groups excluding carboxylic acids is 1. The van der Waals surface area contributed by atoms with Crippen LogP contribution in [0, 0.1) is 11.3 Å². The van der Waals surface area contributed by atoms with Gasteiger partial charge in [0.25, 0.3) is 0 Å². The molecule has 1 aromatic rings. The first-order chi connectivity index (χ1) is 6.24. The molecule has 0 bridgehead atoms. The number of H-pyrrole nitrogens is 1. The third-order valence-electron chi connectivity index (χ3n) is 1.84. The van der Waals surface area contributed by atoms with Crippen molar-refractivity contribution in [2.24, 2.45) is 0 Å². The number of nitriles is 1. The average Bonchev–Trinajstić information content (AvgIpc) is 2.65. The molecule has 1 N–H and O–H groups in total. The number of likely N-dealkylation sites (N-methyl/N-ethyl adjacent to an activating group) is 1. The molecule has 0 aliphatic carbocycles. The molecule has 0 aromatic carbocycles. The molecule has 0 aliphatic heterocycles. The van der Waals surface area contributed by atoms with Gasteiger partial charge in [0, 0.05) is 26.0 Å². The van der Waals surface area contributed by atoms with Crippen molar-refractivity contribution in [2.75, 3.05) is 13.6 Å². The Morgan fingerprint density at radius 1 is 1.77 bits per heavy atom. The minimum Gasteiger partial charge on any atom is -0.367 e. The van der Waals surface area contributed by atoms with Gasteiger partial charge in [-0.15, -0.1) is 0 Å². The summed E-state index contributed by atoms with van der Waals surface area (Å²) in [5, 5.41) is 8.32. The highest BCUT2D eigenvalue weighted by Crippen LogP contribution is 1.98. The maximum absolute atomic E-state index is 10.8. The van der Waals surface area contributed by atoms with Crippen molar-refractivity contribution in [3.05, 3.63) is 24.0 Å². The van der Waals surface area contributed by atoms with Crippen molar-refractivity contribution in [1.29, 1.82) is 5.26 Å². The second kappa shape index (κ2) is 4.31. The van der Waals surface area contributed by atoms with Crippen LogP contribution in [0.1, 0.15) is 5.56 Å². The summed E-state index contributed by atoms with van der Waals surface area (Å²) >= 11 is 0. The maximum atomic E-state index is 10.8. The fourth-order valence-corrected chi connectivity index (χ4v) is 0.998. The first kappa shape index (κ1) is 9.33. The fourth-order valence-electron chi connectivity index (χ4n) is 0.998. The van der Waals surface area contributed by atoms with Gasteiger partial charge in [-0.1, -0.05) is 0 Å². The lowest BCUT2D eigenvalue weighted by molar-refractivity contribution is -0.124. The third kappa shape index (κ3) is 2.64. The third-order valence-corrected chi connectivity index (χ3v) is 1.84. The quantitative estimate of drug-likeness (QED) is 0.685. The molecule has 0 radical (unpaired) electrons. The van der Waals surface area contributed by atoms with E-state index in [0.29, 0.717) is 6.54 Å². The maximum Gasteiger partial charge on any atom is 0.324 e. The Hall–Kier alpha value is -1.76. The van der Waals surface area contributed by atoms with E-state index in [4.69, 9.17) is 5.26 Å². The molecule has 0 fully saturated rings. The van der Waals surface area contributed by atoms with Crippen LogP contribution in [0.25, 0.3) is 0 Å². The van der Waals surface area contributed by atoms with E-state index in [-0.39, 0.29) is 0 Å². The number of aromatic amines is 1. The molecule has 4 nitrogen and oxygen atoms in total. The highest BCUT2D eigenvalue weighted by Gasteiger charge is 2.05. The van der Waals surface area contributed by atoms with E-state index >= 15 is 0 Å². The predicted molar refractivity (Wildman–Crippen MR) is 47.7 cm³/mol. The summed E-state index contributed by atoms with van der Waals surface area (Å²) in [6.07, 6.45) is 4.49. The normalized spacial score (nSPS) is 9.23. The van der Waals surface area contributed by atoms with Gasteiger partial charge in [-0.25, -0.2) is 0 Å². The second-order valence-electron chi connectivity index (χ2n) is 2.81. The van der Waals surface area contributed by atoms with Crippen LogP contribution >= 0.6 is 0 Å². The Balaban J connectivity index is 2.36. The molecule has 0 aliphatic rings. The summed E-state index contributed by atoms with van der Waals surface area (Å²) in [5.41, 5.74) is 1.14. The number of aromatic nitrogens is 1. The SMILES string of the molecule is CN(CCc1cc[nH]c1)C(=O)C#N. The number of carbonyl (C=O) groups is 1. The second-order valence-corrected chi connectivity index (χ2v) is 2.81. The lowest BCUT2D eigenvalue weighted by Gasteiger charge is -2.11. The molecule has 1 heterocycles. The first-order valence-corrected chi connectivity index (χ1v) is 4.01. The van der Waals surface area contributed by atoms with Crippen LogP contribution in [0.5, 0.6) is 0 Å². The highest BCUT2D eigenvalue weighted by atomic mass is 16.2. The highest BCUT2D eigenvalue weighted by molar-refractivity contribution is 5.90. The zero-order chi connectivity index (χ0) is 9.68. The number of nitrogens with one attached hydrogen (secondary N) is 1. The van der Waals surface area contributed by atoms with E-state index in [1.807, 2.05) is 18.5 Å². The Morgan fingerprint density at radius 2 is 2.54 bits per heavy atom. The zero-order valence-corrected chi connectivity index (χ0v) is 7.45. The van der Waals surface area contributed by atoms with Gasteiger partial charge in [0.15, 0.2) is 6.07 Å². The number of nitrogens with zero attached hydrogens (tertiary/aromatic N) is 2. The fraction of sp³-hybridized carbons (Fsp3) is 0.333. The summed E-state index contributed by atoms with van der Waals surface area (Å²) in [6.45, 7) is 0.574. The van der Waals surface area contributed by atoms with Crippen LogP contribution in [-0.2, 0) is 11.2 Å². The van der Waals surface area contributed by atoms with Gasteiger partial charge < -0.3 is 9.88 Å². The van der Waals surface area contributed by atoms with Gasteiger partial charge >= 0.3 is 5.91 Å². The molecule has 0 unspecified atom stereocenters. The summed E-state index contributed by atoms with van der Waals surface area (Å²) in [5.74, 6) is -0.490. The Labute approximate surface area is 76.8 Å². The molecule has 68 valence electrons. The van der Waals surface area contributed by atoms with Crippen molar-refractivity contribution in [2.45, 2.75) is 6.42 Å². The monoisotopic (exact) mass is 177 g/mol. The van der Waals surface area contributed by atoms with E-state index in [1.54, 1.807) is 13.1 Å². The van der Waals surface area contributed by atoms with Crippen molar-refractivity contribution >= 4 is 5.91 Å². The van der Waals surface area contributed by atoms with E-state index in [0.717, 1.165) is 12.0 Å². The largest absolute Gasteiger partial charge is 0.367 e. The van der Waals surface area contributed by atoms with Gasteiger partial charge in [0.05, 0.1) is 0 Å². The average molecular weight is 177 g/mol. The van der Waals surface area contributed by atoms with Crippen LogP contribution in [0.4, 0.5) is 0 Å². The standard InChI is InChI=1S/C9H11N3O/c1-12(9(13)6-10)5-3-8-2-4-11-7-8/h2,4,7,11H,3,5H2,1H3. The lowest BCUT2D eigenvalue weighted by atomic mass is 10.2. The van der Waals surface area contributed by atoms with Crippen LogP contribution < -0.4 is 0 Å². The van der Waals surface area contributed by atoms with Gasteiger partial charge in [-0.05, 0) is 18.1 Å². The van der Waals surface area contributed by atoms with Crippen molar-refractivity contribution in [1.82, 2.24) is 9.88 Å². The van der Waals surface area contributed by atoms with E-state index in [1.165, 1.54) is 4.90 Å². The number of amides is 1. The molecule has 13 heavy (non-hydrogen) atoms. The van der Waals surface area contributed by atoms with Crippen molar-refractivity contribution in [3.8, 4) is 6.07 Å². The Kier molecular flexibility index (Phi) is 3.09. The molecule has 1 rings (SSSR count). The van der Waals surface area contributed by atoms with Gasteiger partial charge in [-0.2, -0.15) is 5.26 Å². The van der Waals surface area contributed by atoms with E-state index < -0.39 is 5.91 Å². The smallest absolute Gasteiger partial charge is 0.324 e. The summed E-state index contributed by atoms with van der Waals surface area (Å²) < 4.78 is 0. The summed E-state index contributed by atoms with van der Waals surface area (Å²) in [6, 6.07) is 3.52. The van der Waals surface area contributed by atoms with Gasteiger partial charge in [0.2, 0.25) is 0 Å². The molecule has 0 atom stereocenters. The van der Waals surface area contributed by atoms with Crippen LogP contribution in [-0.4, -0.2) is 29.4 Å². The Morgan fingerprint density at radius 3 is 3.08 bits per heavy atom. The Bertz CT molecular complexity index is 310. The minimum absolute atomic E-state index is 0.490. The van der Waals surface area contributed by atoms with Crippen molar-refractivity contribution in [3.63, 3.8) is 0 Å². The number of hydrogen-bond donors (Lipinski definition) is 1. The summed E-state index contributed by atoms with van der Waals surface area (Å²) in [7, 11) is 1.62. The first-order valence-electron chi connectivity index (χ1n) is 4.01. The molecule has 1 aromatic heterocycles. The zero-order valence-electron chi connectivity index (χ0n) is 7.45. The molecule has 0 saturated carbocycles. The van der Waals surface area contributed by atoms with Gasteiger partial charge in [0.1, 0.15) is 0 Å². The van der Waals surface area contributed by atoms with E-state index in [2.05, 4.69) is 4.98 Å². The molecule has 0 saturated heterocycles. The molecule has 1 amide bonds. The number of rotatable bonds is 3. The van der Waals surface area contributed by atoms with Crippen molar-refractivity contribution < 1.29 is 4.79 Å². The predicted octanol–water partition coefficient (Wildman–Crippen LogP) is 0.539. The summed E-state index contributed by atoms with van der Waals surface area (Å²) in [4.78, 5) is 15.2. The molecule has 4 heteroatoms. The molecule has 0 spiro atoms. The number of hydrogen-bond acceptors (Lipinski definition) is 2. The van der Waals surface area contributed by atoms with Crippen LogP contribution in [0.2, 0.25) is 0 Å². The lowest BCUT2D eigenvalue weighted by Crippen LogP contribution is -2.27. The van der Waals surface area contributed by atoms with Gasteiger partial charge in [-0.3, -0.25) is 4.79 Å². The minimum atomic E-state index is -0.490. The van der Waals surface area contributed by atoms with E-state index in [9.17, 15) is 4.79 Å². The van der Waals surface area contributed by atoms with Crippen LogP contribution in [0.3, 0.4) is 0 Å².